The first-order valence-electron chi connectivity index (χ1n) is 7.32. The molecule has 0 aliphatic rings. The lowest BCUT2D eigenvalue weighted by Crippen LogP contribution is -2.47. The summed E-state index contributed by atoms with van der Waals surface area (Å²) in [6.45, 7) is 14.2. The van der Waals surface area contributed by atoms with Crippen LogP contribution in [-0.2, 0) is 0 Å². The molecule has 0 heterocycles. The minimum atomic E-state index is -1.15. The highest BCUT2D eigenvalue weighted by atomic mass is 16.4. The fraction of sp³-hybridized carbons (Fsp3) is 0.562. The van der Waals surface area contributed by atoms with Crippen molar-refractivity contribution >= 4 is 11.7 Å². The number of carbonyl (C=O) groups excluding carboxylic acids is 1. The molecular weight excluding hydrogens is 252 g/mol. The lowest BCUT2D eigenvalue weighted by Gasteiger charge is -2.34. The molecule has 0 aliphatic carbocycles. The number of benzene rings is 1. The van der Waals surface area contributed by atoms with Gasteiger partial charge in [0.2, 0.25) is 0 Å². The molecule has 1 aromatic carbocycles. The summed E-state index contributed by atoms with van der Waals surface area (Å²) in [6.07, 6.45) is 0. The van der Waals surface area contributed by atoms with Crippen LogP contribution < -0.4 is 10.4 Å². The van der Waals surface area contributed by atoms with Gasteiger partial charge in [0.25, 0.3) is 0 Å². The highest BCUT2D eigenvalue weighted by Gasteiger charge is 2.16. The molecule has 0 unspecified atom stereocenters. The van der Waals surface area contributed by atoms with Crippen molar-refractivity contribution < 1.29 is 14.4 Å². The molecule has 0 bridgehead atoms. The number of aromatic carboxylic acids is 1. The van der Waals surface area contributed by atoms with E-state index in [0.29, 0.717) is 0 Å². The van der Waals surface area contributed by atoms with Crippen LogP contribution in [-0.4, -0.2) is 43.7 Å². The number of quaternary nitrogens is 1. The maximum atomic E-state index is 10.3. The number of hydrogen-bond acceptors (Lipinski definition) is 3. The van der Waals surface area contributed by atoms with Crippen molar-refractivity contribution in [2.75, 3.05) is 38.5 Å². The van der Waals surface area contributed by atoms with E-state index in [1.54, 1.807) is 19.2 Å². The Balaban J connectivity index is 0.000000370. The first-order chi connectivity index (χ1) is 9.48. The molecule has 0 fully saturated rings. The van der Waals surface area contributed by atoms with Gasteiger partial charge >= 0.3 is 0 Å². The van der Waals surface area contributed by atoms with Crippen LogP contribution in [0.2, 0.25) is 0 Å². The molecule has 1 rings (SSSR count). The Morgan fingerprint density at radius 1 is 1.00 bits per heavy atom. The Hall–Kier alpha value is -1.55. The van der Waals surface area contributed by atoms with E-state index in [1.807, 2.05) is 0 Å². The van der Waals surface area contributed by atoms with Crippen LogP contribution in [0.15, 0.2) is 24.3 Å². The highest BCUT2D eigenvalue weighted by Crippen LogP contribution is 2.07. The van der Waals surface area contributed by atoms with Gasteiger partial charge in [-0.3, -0.25) is 0 Å². The van der Waals surface area contributed by atoms with E-state index >= 15 is 0 Å². The molecule has 0 radical (unpaired) electrons. The fourth-order valence-corrected chi connectivity index (χ4v) is 2.11. The molecule has 0 atom stereocenters. The molecule has 0 saturated carbocycles. The smallest absolute Gasteiger partial charge is 0.0757 e. The van der Waals surface area contributed by atoms with E-state index in [2.05, 4.69) is 33.0 Å². The number of carbonyl (C=O) groups is 1. The van der Waals surface area contributed by atoms with Crippen molar-refractivity contribution in [2.45, 2.75) is 27.7 Å². The minimum absolute atomic E-state index is 0.198. The normalized spacial score (nSPS) is 10.4. The van der Waals surface area contributed by atoms with E-state index in [4.69, 9.17) is 0 Å². The molecular formula is C16H28N2O2. The number of hydrogen-bond donors (Lipinski definition) is 1. The Bertz CT molecular complexity index is 366. The second kappa shape index (κ2) is 9.37. The molecule has 0 amide bonds. The molecule has 0 aromatic heterocycles. The molecule has 0 aliphatic heterocycles. The van der Waals surface area contributed by atoms with Gasteiger partial charge in [0, 0.05) is 12.7 Å². The number of rotatable bonds is 6. The first kappa shape index (κ1) is 18.4. The quantitative estimate of drug-likeness (QED) is 0.811. The summed E-state index contributed by atoms with van der Waals surface area (Å²) in [5.41, 5.74) is 1.08. The van der Waals surface area contributed by atoms with Crippen LogP contribution in [0.5, 0.6) is 0 Å². The van der Waals surface area contributed by atoms with Gasteiger partial charge in [-0.25, -0.2) is 0 Å². The predicted octanol–water partition coefficient (Wildman–Crippen LogP) is 1.97. The molecule has 0 spiro atoms. The van der Waals surface area contributed by atoms with Crippen molar-refractivity contribution in [2.24, 2.45) is 0 Å². The predicted molar refractivity (Wildman–Crippen MR) is 82.7 cm³/mol. The average molecular weight is 280 g/mol. The number of carboxylic acids is 1. The van der Waals surface area contributed by atoms with Crippen molar-refractivity contribution in [3.8, 4) is 0 Å². The topological polar surface area (TPSA) is 52.2 Å². The van der Waals surface area contributed by atoms with E-state index in [0.717, 1.165) is 5.69 Å². The van der Waals surface area contributed by atoms with Crippen LogP contribution in [0.25, 0.3) is 0 Å². The highest BCUT2D eigenvalue weighted by molar-refractivity contribution is 5.86. The third-order valence-corrected chi connectivity index (χ3v) is 4.09. The Labute approximate surface area is 123 Å². The molecule has 1 N–H and O–H groups in total. The minimum Gasteiger partial charge on any atom is -0.545 e. The van der Waals surface area contributed by atoms with Gasteiger partial charge in [0.1, 0.15) is 0 Å². The SMILES string of the molecule is CC[N+](CC)(CC)CC.CNc1ccc(C(=O)[O-])cc1. The largest absolute Gasteiger partial charge is 0.545 e. The van der Waals surface area contributed by atoms with Crippen LogP contribution in [0, 0.1) is 0 Å². The van der Waals surface area contributed by atoms with Gasteiger partial charge in [0.15, 0.2) is 0 Å². The molecule has 4 nitrogen and oxygen atoms in total. The standard InChI is InChI=1S/C8H9NO2.C8H20N/c1-9-7-4-2-6(3-5-7)8(10)11;1-5-9(6-2,7-3)8-4/h2-5,9H,1H3,(H,10,11);5-8H2,1-4H3/q;+1/p-1. The second-order valence-electron chi connectivity index (χ2n) is 4.72. The summed E-state index contributed by atoms with van der Waals surface area (Å²) < 4.78 is 1.28. The van der Waals surface area contributed by atoms with Crippen molar-refractivity contribution in [1.82, 2.24) is 0 Å². The van der Waals surface area contributed by atoms with Crippen LogP contribution >= 0.6 is 0 Å². The molecule has 114 valence electrons. The summed E-state index contributed by atoms with van der Waals surface area (Å²) in [6, 6.07) is 6.37. The number of nitrogens with zero attached hydrogens (tertiary/aromatic N) is 1. The summed E-state index contributed by atoms with van der Waals surface area (Å²) in [5, 5.41) is 13.1. The maximum Gasteiger partial charge on any atom is 0.0757 e. The lowest BCUT2D eigenvalue weighted by atomic mass is 10.2. The monoisotopic (exact) mass is 280 g/mol. The van der Waals surface area contributed by atoms with Gasteiger partial charge in [-0.1, -0.05) is 12.1 Å². The summed E-state index contributed by atoms with van der Waals surface area (Å²) in [5.74, 6) is -1.15. The van der Waals surface area contributed by atoms with Crippen molar-refractivity contribution in [3.05, 3.63) is 29.8 Å². The summed E-state index contributed by atoms with van der Waals surface area (Å²) in [4.78, 5) is 10.3. The lowest BCUT2D eigenvalue weighted by molar-refractivity contribution is -0.921. The Kier molecular flexibility index (Phi) is 8.64. The van der Waals surface area contributed by atoms with E-state index in [-0.39, 0.29) is 5.56 Å². The van der Waals surface area contributed by atoms with Crippen LogP contribution in [0.1, 0.15) is 38.1 Å². The van der Waals surface area contributed by atoms with Gasteiger partial charge in [-0.15, -0.1) is 0 Å². The van der Waals surface area contributed by atoms with Gasteiger partial charge in [-0.05, 0) is 45.4 Å². The average Bonchev–Trinajstić information content (AvgIpc) is 2.51. The third kappa shape index (κ3) is 5.61. The molecule has 0 saturated heterocycles. The zero-order valence-corrected chi connectivity index (χ0v) is 13.4. The van der Waals surface area contributed by atoms with E-state index in [9.17, 15) is 9.90 Å². The second-order valence-corrected chi connectivity index (χ2v) is 4.72. The summed E-state index contributed by atoms with van der Waals surface area (Å²) >= 11 is 0. The zero-order chi connectivity index (χ0) is 15.6. The number of anilines is 1. The Morgan fingerprint density at radius 2 is 1.40 bits per heavy atom. The number of nitrogens with one attached hydrogen (secondary N) is 1. The van der Waals surface area contributed by atoms with Crippen molar-refractivity contribution in [1.29, 1.82) is 0 Å². The number of carboxylic acid groups (broad SMARTS) is 1. The Morgan fingerprint density at radius 3 is 1.60 bits per heavy atom. The summed E-state index contributed by atoms with van der Waals surface area (Å²) in [7, 11) is 1.77. The fourth-order valence-electron chi connectivity index (χ4n) is 2.11. The van der Waals surface area contributed by atoms with Crippen LogP contribution in [0.3, 0.4) is 0 Å². The van der Waals surface area contributed by atoms with E-state index in [1.165, 1.54) is 42.8 Å². The zero-order valence-electron chi connectivity index (χ0n) is 13.4. The molecule has 4 heteroatoms. The van der Waals surface area contributed by atoms with Crippen molar-refractivity contribution in [3.63, 3.8) is 0 Å². The molecule has 20 heavy (non-hydrogen) atoms. The van der Waals surface area contributed by atoms with Gasteiger partial charge in [0.05, 0.1) is 32.1 Å². The maximum absolute atomic E-state index is 10.3. The van der Waals surface area contributed by atoms with Gasteiger partial charge in [-0.2, -0.15) is 0 Å². The van der Waals surface area contributed by atoms with E-state index < -0.39 is 5.97 Å². The molecule has 1 aromatic rings. The third-order valence-electron chi connectivity index (χ3n) is 4.09. The first-order valence-corrected chi connectivity index (χ1v) is 7.32. The van der Waals surface area contributed by atoms with Gasteiger partial charge < -0.3 is 19.7 Å². The van der Waals surface area contributed by atoms with Crippen LogP contribution in [0.4, 0.5) is 5.69 Å².